The summed E-state index contributed by atoms with van der Waals surface area (Å²) in [6.45, 7) is 6.84. The van der Waals surface area contributed by atoms with Crippen LogP contribution >= 0.6 is 12.6 Å². The van der Waals surface area contributed by atoms with Crippen molar-refractivity contribution in [3.05, 3.63) is 89.7 Å². The van der Waals surface area contributed by atoms with Crippen molar-refractivity contribution in [3.8, 4) is 22.6 Å². The largest absolute Gasteiger partial charge is 0.493 e. The summed E-state index contributed by atoms with van der Waals surface area (Å²) >= 11 is 4.42. The molecule has 50 heavy (non-hydrogen) atoms. The minimum atomic E-state index is -0.230. The summed E-state index contributed by atoms with van der Waals surface area (Å²) in [5, 5.41) is 6.01. The van der Waals surface area contributed by atoms with Gasteiger partial charge in [-0.05, 0) is 74.2 Å². The molecule has 2 N–H and O–H groups in total. The highest BCUT2D eigenvalue weighted by atomic mass is 32.1. The fourth-order valence-corrected chi connectivity index (χ4v) is 5.52. The first-order valence-electron chi connectivity index (χ1n) is 16.5. The van der Waals surface area contributed by atoms with Gasteiger partial charge < -0.3 is 34.4 Å². The highest BCUT2D eigenvalue weighted by Gasteiger charge is 2.27. The molecule has 3 aromatic carbocycles. The molecule has 0 saturated carbocycles. The maximum Gasteiger partial charge on any atom is 0.267 e. The molecule has 264 valence electrons. The number of hydrogen-bond acceptors (Lipinski definition) is 8. The number of ether oxygens (including phenoxy) is 2. The third-order valence-corrected chi connectivity index (χ3v) is 8.35. The number of hydrogen-bond donors (Lipinski definition) is 3. The molecular formula is C39H47N5O5S. The van der Waals surface area contributed by atoms with Crippen LogP contribution in [0.4, 0.5) is 17.1 Å². The maximum atomic E-state index is 12.3. The summed E-state index contributed by atoms with van der Waals surface area (Å²) in [4.78, 5) is 40.6. The second kappa shape index (κ2) is 17.6. The van der Waals surface area contributed by atoms with Crippen LogP contribution in [0.5, 0.6) is 11.5 Å². The number of nitrogens with one attached hydrogen (secondary N) is 2. The lowest BCUT2D eigenvalue weighted by Gasteiger charge is -2.17. The van der Waals surface area contributed by atoms with Gasteiger partial charge >= 0.3 is 0 Å². The van der Waals surface area contributed by atoms with Crippen LogP contribution < -0.4 is 25.0 Å². The lowest BCUT2D eigenvalue weighted by Crippen LogP contribution is -2.35. The number of carbonyl (C=O) groups excluding carboxylic acids is 3. The number of aromatic nitrogens is 1. The van der Waals surface area contributed by atoms with E-state index in [4.69, 9.17) is 9.47 Å². The molecular weight excluding hydrogens is 651 g/mol. The Morgan fingerprint density at radius 2 is 1.80 bits per heavy atom. The molecule has 0 bridgehead atoms. The van der Waals surface area contributed by atoms with Crippen LogP contribution in [0.15, 0.2) is 77.9 Å². The smallest absolute Gasteiger partial charge is 0.267 e. The number of thiol groups is 1. The van der Waals surface area contributed by atoms with E-state index in [1.165, 1.54) is 0 Å². The summed E-state index contributed by atoms with van der Waals surface area (Å²) in [7, 11) is 5.36. The zero-order valence-electron chi connectivity index (χ0n) is 29.6. The topological polar surface area (TPSA) is 114 Å². The van der Waals surface area contributed by atoms with Crippen LogP contribution in [-0.2, 0) is 23.1 Å². The number of aryl methyl sites for hydroxylation is 2. The Kier molecular flexibility index (Phi) is 13.3. The number of unbranched alkanes of at least 4 members (excludes halogenated alkanes) is 1. The Bertz CT molecular complexity index is 1800. The molecule has 1 unspecified atom stereocenters. The second-order valence-electron chi connectivity index (χ2n) is 12.7. The number of para-hydroxylation sites is 1. The van der Waals surface area contributed by atoms with Crippen LogP contribution in [0.25, 0.3) is 11.1 Å². The van der Waals surface area contributed by atoms with Crippen LogP contribution in [0, 0.1) is 6.92 Å². The number of anilines is 2. The molecule has 1 aliphatic rings. The SMILES string of the molecule is CNc1ccc(-c2cc(C(=O)NCC(C)(C)S)n(C)c2)cc1.COc1cc(C)c(N=CC2Cc3ccccc3N2C=O)cc1OCCCC=O. The van der Waals surface area contributed by atoms with Crippen LogP contribution in [0.3, 0.4) is 0 Å². The van der Waals surface area contributed by atoms with Gasteiger partial charge in [-0.3, -0.25) is 14.6 Å². The Hall–Kier alpha value is -5.03. The average Bonchev–Trinajstić information content (AvgIpc) is 3.68. The van der Waals surface area contributed by atoms with Crippen molar-refractivity contribution < 1.29 is 23.9 Å². The van der Waals surface area contributed by atoms with Gasteiger partial charge in [0.05, 0.1) is 25.4 Å². The normalized spacial score (nSPS) is 13.7. The lowest BCUT2D eigenvalue weighted by molar-refractivity contribution is -0.108. The monoisotopic (exact) mass is 697 g/mol. The number of fused-ring (bicyclic) bond motifs is 1. The first-order valence-corrected chi connectivity index (χ1v) is 17.0. The van der Waals surface area contributed by atoms with Crippen LogP contribution in [0.1, 0.15) is 48.3 Å². The Morgan fingerprint density at radius 3 is 2.46 bits per heavy atom. The van der Waals surface area contributed by atoms with Gasteiger partial charge in [-0.2, -0.15) is 12.6 Å². The Morgan fingerprint density at radius 1 is 1.06 bits per heavy atom. The third-order valence-electron chi connectivity index (χ3n) is 8.19. The molecule has 11 heteroatoms. The molecule has 0 spiro atoms. The summed E-state index contributed by atoms with van der Waals surface area (Å²) < 4.78 is 12.8. The lowest BCUT2D eigenvalue weighted by atomic mass is 10.1. The summed E-state index contributed by atoms with van der Waals surface area (Å²) in [5.74, 6) is 1.14. The standard InChI is InChI=1S/C22H24N2O4.C17H23N3OS/c1-16-11-21(27-2)22(28-10-6-5-9-25)13-19(16)23-14-18-12-17-7-3-4-8-20(17)24(18)15-26;1-17(2,22)11-19-16(21)15-9-13(10-20(15)4)12-5-7-14(18-3)8-6-12/h3-4,7-9,11,13-15,18H,5-6,10,12H2,1-2H3;5-10,18,22H,11H2,1-4H3,(H,19,21). The molecule has 0 saturated heterocycles. The van der Waals surface area contributed by atoms with Gasteiger partial charge in [0.15, 0.2) is 11.5 Å². The van der Waals surface area contributed by atoms with Gasteiger partial charge in [0.2, 0.25) is 6.41 Å². The van der Waals surface area contributed by atoms with Crippen molar-refractivity contribution in [3.63, 3.8) is 0 Å². The molecule has 0 fully saturated rings. The van der Waals surface area contributed by atoms with E-state index >= 15 is 0 Å². The van der Waals surface area contributed by atoms with Crippen molar-refractivity contribution in [2.75, 3.05) is 37.5 Å². The van der Waals surface area contributed by atoms with Gasteiger partial charge in [-0.1, -0.05) is 30.3 Å². The van der Waals surface area contributed by atoms with E-state index in [0.717, 1.165) is 58.4 Å². The number of carbonyl (C=O) groups is 3. The summed E-state index contributed by atoms with van der Waals surface area (Å²) in [6.07, 6.45) is 7.35. The van der Waals surface area contributed by atoms with E-state index in [0.29, 0.717) is 43.2 Å². The third kappa shape index (κ3) is 10.0. The van der Waals surface area contributed by atoms with E-state index in [2.05, 4.69) is 28.3 Å². The Labute approximate surface area is 300 Å². The molecule has 0 aliphatic carbocycles. The molecule has 2 heterocycles. The van der Waals surface area contributed by atoms with Gasteiger partial charge in [0.25, 0.3) is 5.91 Å². The highest BCUT2D eigenvalue weighted by Crippen LogP contribution is 2.36. The first kappa shape index (κ1) is 37.8. The van der Waals surface area contributed by atoms with Crippen molar-refractivity contribution in [1.29, 1.82) is 0 Å². The molecule has 4 aromatic rings. The zero-order chi connectivity index (χ0) is 36.3. The fraction of sp³-hybridized carbons (Fsp3) is 0.333. The molecule has 2 amide bonds. The van der Waals surface area contributed by atoms with Crippen molar-refractivity contribution in [1.82, 2.24) is 9.88 Å². The van der Waals surface area contributed by atoms with E-state index in [9.17, 15) is 14.4 Å². The van der Waals surface area contributed by atoms with E-state index in [1.807, 2.05) is 112 Å². The Balaban J connectivity index is 0.000000232. The zero-order valence-corrected chi connectivity index (χ0v) is 30.5. The molecule has 1 aliphatic heterocycles. The molecule has 1 atom stereocenters. The quantitative estimate of drug-likeness (QED) is 0.0577. The van der Waals surface area contributed by atoms with Gasteiger partial charge in [0.1, 0.15) is 12.0 Å². The van der Waals surface area contributed by atoms with Crippen molar-refractivity contribution in [2.24, 2.45) is 12.0 Å². The molecule has 1 aromatic heterocycles. The van der Waals surface area contributed by atoms with Crippen LogP contribution in [0.2, 0.25) is 0 Å². The predicted octanol–water partition coefficient (Wildman–Crippen LogP) is 6.82. The number of nitrogens with zero attached hydrogens (tertiary/aromatic N) is 3. The van der Waals surface area contributed by atoms with Gasteiger partial charge in [0, 0.05) is 73.6 Å². The minimum Gasteiger partial charge on any atom is -0.493 e. The van der Waals surface area contributed by atoms with Crippen molar-refractivity contribution >= 4 is 54.5 Å². The number of aldehydes is 1. The summed E-state index contributed by atoms with van der Waals surface area (Å²) in [5.41, 5.74) is 7.59. The van der Waals surface area contributed by atoms with E-state index < -0.39 is 0 Å². The van der Waals surface area contributed by atoms with Crippen LogP contribution in [-0.4, -0.2) is 67.5 Å². The number of methoxy groups -OCH3 is 1. The summed E-state index contributed by atoms with van der Waals surface area (Å²) in [6, 6.07) is 21.5. The van der Waals surface area contributed by atoms with Gasteiger partial charge in [-0.15, -0.1) is 0 Å². The van der Waals surface area contributed by atoms with Gasteiger partial charge in [-0.25, -0.2) is 0 Å². The van der Waals surface area contributed by atoms with E-state index in [1.54, 1.807) is 18.2 Å². The second-order valence-corrected chi connectivity index (χ2v) is 13.9. The number of amides is 2. The fourth-order valence-electron chi connectivity index (χ4n) is 5.44. The predicted molar refractivity (Wildman–Crippen MR) is 205 cm³/mol. The van der Waals surface area contributed by atoms with Crippen molar-refractivity contribution in [2.45, 2.75) is 50.8 Å². The first-order chi connectivity index (χ1) is 24.0. The van der Waals surface area contributed by atoms with E-state index in [-0.39, 0.29) is 16.7 Å². The molecule has 5 rings (SSSR count). The minimum absolute atomic E-state index is 0.0808. The highest BCUT2D eigenvalue weighted by molar-refractivity contribution is 7.81. The molecule has 0 radical (unpaired) electrons. The number of benzene rings is 3. The average molecular weight is 698 g/mol. The molecule has 10 nitrogen and oxygen atoms in total. The maximum absolute atomic E-state index is 12.3. The number of rotatable bonds is 14. The number of aliphatic imine (C=N–C) groups is 1.